The number of nitrogens with zero attached hydrogens (tertiary/aromatic N) is 1. The number of benzene rings is 1. The number of halogens is 1. The summed E-state index contributed by atoms with van der Waals surface area (Å²) in [5.41, 5.74) is 0.918. The third kappa shape index (κ3) is 5.23. The summed E-state index contributed by atoms with van der Waals surface area (Å²) in [6.45, 7) is 0.867. The van der Waals surface area contributed by atoms with Crippen molar-refractivity contribution in [3.8, 4) is 0 Å². The molecule has 1 aromatic rings. The van der Waals surface area contributed by atoms with Gasteiger partial charge in [-0.3, -0.25) is 0 Å². The van der Waals surface area contributed by atoms with Gasteiger partial charge in [0.05, 0.1) is 12.7 Å². The van der Waals surface area contributed by atoms with Crippen molar-refractivity contribution >= 4 is 21.8 Å². The lowest BCUT2D eigenvalue weighted by atomic mass is 10.1. The first-order valence-electron chi connectivity index (χ1n) is 6.92. The Morgan fingerprint density at radius 2 is 1.95 bits per heavy atom. The van der Waals surface area contributed by atoms with Crippen molar-refractivity contribution in [2.75, 3.05) is 27.2 Å². The average Bonchev–Trinajstić information content (AvgIpc) is 3.24. The van der Waals surface area contributed by atoms with Gasteiger partial charge >= 0.3 is 0 Å². The predicted molar refractivity (Wildman–Crippen MR) is 83.5 cm³/mol. The number of rotatable bonds is 8. The lowest BCUT2D eigenvalue weighted by Crippen LogP contribution is -2.38. The summed E-state index contributed by atoms with van der Waals surface area (Å²) in [4.78, 5) is 0. The maximum absolute atomic E-state index is 11.8. The summed E-state index contributed by atoms with van der Waals surface area (Å²) in [6.07, 6.45) is 2.07. The summed E-state index contributed by atoms with van der Waals surface area (Å²) in [5, 5.41) is 0.647. The highest BCUT2D eigenvalue weighted by Crippen LogP contribution is 2.31. The van der Waals surface area contributed by atoms with Crippen molar-refractivity contribution in [2.45, 2.75) is 18.9 Å². The molecule has 1 N–H and O–H groups in total. The van der Waals surface area contributed by atoms with E-state index in [0.717, 1.165) is 9.87 Å². The van der Waals surface area contributed by atoms with E-state index in [1.54, 1.807) is 12.1 Å². The Labute approximate surface area is 131 Å². The van der Waals surface area contributed by atoms with Gasteiger partial charge in [0.1, 0.15) is 0 Å². The minimum Gasteiger partial charge on any atom is -0.372 e. The topological polar surface area (TPSA) is 58.6 Å². The second-order valence-electron chi connectivity index (χ2n) is 5.45. The van der Waals surface area contributed by atoms with E-state index in [1.165, 1.54) is 26.9 Å². The first-order valence-corrected chi connectivity index (χ1v) is 8.74. The minimum atomic E-state index is -3.46. The molecule has 21 heavy (non-hydrogen) atoms. The largest absolute Gasteiger partial charge is 0.372 e. The van der Waals surface area contributed by atoms with Gasteiger partial charge in [0, 0.05) is 25.7 Å². The molecule has 5 nitrogen and oxygen atoms in total. The van der Waals surface area contributed by atoms with Crippen LogP contribution in [0.5, 0.6) is 0 Å². The van der Waals surface area contributed by atoms with Crippen LogP contribution in [0.3, 0.4) is 0 Å². The van der Waals surface area contributed by atoms with Gasteiger partial charge in [-0.1, -0.05) is 23.7 Å². The maximum atomic E-state index is 11.8. The van der Waals surface area contributed by atoms with Crippen molar-refractivity contribution in [3.63, 3.8) is 0 Å². The summed E-state index contributed by atoms with van der Waals surface area (Å²) >= 11 is 5.89. The van der Waals surface area contributed by atoms with Crippen LogP contribution in [0, 0.1) is 5.92 Å². The molecule has 1 atom stereocenters. The van der Waals surface area contributed by atoms with E-state index >= 15 is 0 Å². The van der Waals surface area contributed by atoms with Crippen molar-refractivity contribution in [1.29, 1.82) is 0 Å². The van der Waals surface area contributed by atoms with E-state index < -0.39 is 10.2 Å². The molecule has 1 aliphatic rings. The third-order valence-electron chi connectivity index (χ3n) is 3.40. The monoisotopic (exact) mass is 332 g/mol. The predicted octanol–water partition coefficient (Wildman–Crippen LogP) is 2.20. The maximum Gasteiger partial charge on any atom is 0.279 e. The van der Waals surface area contributed by atoms with Crippen molar-refractivity contribution in [2.24, 2.45) is 5.92 Å². The Morgan fingerprint density at radius 1 is 1.33 bits per heavy atom. The fourth-order valence-electron chi connectivity index (χ4n) is 1.80. The zero-order valence-electron chi connectivity index (χ0n) is 12.3. The van der Waals surface area contributed by atoms with Gasteiger partial charge in [-0.05, 0) is 36.5 Å². The fourth-order valence-corrected chi connectivity index (χ4v) is 2.54. The first-order chi connectivity index (χ1) is 9.88. The summed E-state index contributed by atoms with van der Waals surface area (Å²) in [7, 11) is -0.474. The Hall–Kier alpha value is -0.660. The van der Waals surface area contributed by atoms with Gasteiger partial charge in [-0.25, -0.2) is 0 Å². The van der Waals surface area contributed by atoms with Crippen LogP contribution in [-0.4, -0.2) is 40.0 Å². The van der Waals surface area contributed by atoms with E-state index in [9.17, 15) is 8.42 Å². The van der Waals surface area contributed by atoms with E-state index in [2.05, 4.69) is 4.72 Å². The second-order valence-corrected chi connectivity index (χ2v) is 7.86. The van der Waals surface area contributed by atoms with Gasteiger partial charge < -0.3 is 4.74 Å². The highest BCUT2D eigenvalue weighted by molar-refractivity contribution is 7.87. The Kier molecular flexibility index (Phi) is 5.62. The molecule has 0 aliphatic heterocycles. The molecule has 0 heterocycles. The highest BCUT2D eigenvalue weighted by Gasteiger charge is 2.25. The normalized spacial score (nSPS) is 17.1. The molecule has 118 valence electrons. The molecular weight excluding hydrogens is 312 g/mol. The van der Waals surface area contributed by atoms with Crippen LogP contribution < -0.4 is 4.72 Å². The molecule has 0 amide bonds. The molecular formula is C14H21ClN2O3S. The smallest absolute Gasteiger partial charge is 0.279 e. The third-order valence-corrected chi connectivity index (χ3v) is 5.15. The van der Waals surface area contributed by atoms with Crippen LogP contribution in [-0.2, 0) is 14.9 Å². The zero-order chi connectivity index (χ0) is 15.5. The summed E-state index contributed by atoms with van der Waals surface area (Å²) in [5.74, 6) is 0.616. The molecule has 0 saturated heterocycles. The summed E-state index contributed by atoms with van der Waals surface area (Å²) < 4.78 is 33.2. The lowest BCUT2D eigenvalue weighted by Gasteiger charge is -2.20. The van der Waals surface area contributed by atoms with Crippen LogP contribution in [0.25, 0.3) is 0 Å². The minimum absolute atomic E-state index is 0.203. The van der Waals surface area contributed by atoms with Gasteiger partial charge in [-0.15, -0.1) is 0 Å². The van der Waals surface area contributed by atoms with Gasteiger partial charge in [0.2, 0.25) is 0 Å². The SMILES string of the molecule is CN(C)S(=O)(=O)NC[C@H](OCC1CC1)c1ccc(Cl)cc1. The van der Waals surface area contributed by atoms with E-state index in [-0.39, 0.29) is 12.6 Å². The van der Waals surface area contributed by atoms with E-state index in [4.69, 9.17) is 16.3 Å². The van der Waals surface area contributed by atoms with E-state index in [1.807, 2.05) is 12.1 Å². The van der Waals surface area contributed by atoms with Crippen LogP contribution in [0.1, 0.15) is 24.5 Å². The zero-order valence-corrected chi connectivity index (χ0v) is 13.8. The molecule has 0 aromatic heterocycles. The van der Waals surface area contributed by atoms with Crippen molar-refractivity contribution < 1.29 is 13.2 Å². The van der Waals surface area contributed by atoms with Crippen LogP contribution in [0.4, 0.5) is 0 Å². The van der Waals surface area contributed by atoms with Gasteiger partial charge in [0.15, 0.2) is 0 Å². The van der Waals surface area contributed by atoms with Crippen LogP contribution in [0.2, 0.25) is 5.02 Å². The van der Waals surface area contributed by atoms with E-state index in [0.29, 0.717) is 17.5 Å². The van der Waals surface area contributed by atoms with Crippen LogP contribution >= 0.6 is 11.6 Å². The molecule has 1 saturated carbocycles. The molecule has 0 unspecified atom stereocenters. The Morgan fingerprint density at radius 3 is 2.48 bits per heavy atom. The quantitative estimate of drug-likeness (QED) is 0.794. The fraction of sp³-hybridized carbons (Fsp3) is 0.571. The Balaban J connectivity index is 2.02. The molecule has 0 spiro atoms. The lowest BCUT2D eigenvalue weighted by molar-refractivity contribution is 0.0485. The highest BCUT2D eigenvalue weighted by atomic mass is 35.5. The number of hydrogen-bond donors (Lipinski definition) is 1. The Bertz CT molecular complexity index is 556. The van der Waals surface area contributed by atoms with Gasteiger partial charge in [-0.2, -0.15) is 17.4 Å². The van der Waals surface area contributed by atoms with Crippen LogP contribution in [0.15, 0.2) is 24.3 Å². The number of hydrogen-bond acceptors (Lipinski definition) is 3. The summed E-state index contributed by atoms with van der Waals surface area (Å²) in [6, 6.07) is 7.29. The van der Waals surface area contributed by atoms with Gasteiger partial charge in [0.25, 0.3) is 10.2 Å². The molecule has 0 bridgehead atoms. The number of ether oxygens (including phenoxy) is 1. The second kappa shape index (κ2) is 7.07. The molecule has 0 radical (unpaired) electrons. The van der Waals surface area contributed by atoms with Crippen molar-refractivity contribution in [3.05, 3.63) is 34.9 Å². The molecule has 7 heteroatoms. The molecule has 1 aliphatic carbocycles. The standard InChI is InChI=1S/C14H21ClN2O3S/c1-17(2)21(18,19)16-9-14(20-10-11-3-4-11)12-5-7-13(15)8-6-12/h5-8,11,14,16H,3-4,9-10H2,1-2H3/t14-/m0/s1. The number of nitrogens with one attached hydrogen (secondary N) is 1. The first kappa shape index (κ1) is 16.7. The molecule has 1 aromatic carbocycles. The molecule has 1 fully saturated rings. The molecule has 2 rings (SSSR count). The average molecular weight is 333 g/mol. The van der Waals surface area contributed by atoms with Crippen molar-refractivity contribution in [1.82, 2.24) is 9.03 Å².